The van der Waals surface area contributed by atoms with Gasteiger partial charge in [-0.3, -0.25) is 0 Å². The molecule has 4 atom stereocenters. The van der Waals surface area contributed by atoms with E-state index in [9.17, 15) is 10.2 Å². The second kappa shape index (κ2) is 40.3. The van der Waals surface area contributed by atoms with Gasteiger partial charge in [0.05, 0.1) is 28.4 Å². The molecule has 1 heterocycles. The summed E-state index contributed by atoms with van der Waals surface area (Å²) in [6.07, 6.45) is 10.6. The van der Waals surface area contributed by atoms with E-state index in [1.54, 1.807) is 46.6 Å². The van der Waals surface area contributed by atoms with Crippen molar-refractivity contribution >= 4 is 62.6 Å². The molecule has 430 valence electrons. The van der Waals surface area contributed by atoms with Crippen LogP contribution in [-0.2, 0) is 4.74 Å². The highest BCUT2D eigenvalue weighted by Gasteiger charge is 2.25. The lowest BCUT2D eigenvalue weighted by Crippen LogP contribution is -2.14. The van der Waals surface area contributed by atoms with Gasteiger partial charge >= 0.3 is 3.18 Å². The van der Waals surface area contributed by atoms with Gasteiger partial charge in [-0.05, 0) is 156 Å². The first-order chi connectivity index (χ1) is 37.8. The minimum Gasteiger partial charge on any atom is -0.504 e. The summed E-state index contributed by atoms with van der Waals surface area (Å²) in [5, 5.41) is 19.5. The molecule has 1 aliphatic heterocycles. The van der Waals surface area contributed by atoms with Crippen molar-refractivity contribution in [2.75, 3.05) is 41.7 Å². The van der Waals surface area contributed by atoms with Gasteiger partial charge in [-0.15, -0.1) is 47.3 Å². The van der Waals surface area contributed by atoms with Crippen molar-refractivity contribution in [3.05, 3.63) is 192 Å². The lowest BCUT2D eigenvalue weighted by molar-refractivity contribution is 0.198. The Labute approximate surface area is 502 Å². The summed E-state index contributed by atoms with van der Waals surface area (Å²) in [5.41, 5.74) is 7.47. The van der Waals surface area contributed by atoms with Crippen molar-refractivity contribution in [2.45, 2.75) is 118 Å². The molecule has 1 saturated heterocycles. The molecule has 6 aromatic carbocycles. The van der Waals surface area contributed by atoms with E-state index in [-0.39, 0.29) is 14.7 Å². The fraction of sp³-hybridized carbons (Fsp3) is 0.412. The molecule has 0 bridgehead atoms. The van der Waals surface area contributed by atoms with E-state index >= 15 is 0 Å². The average Bonchev–Trinajstić information content (AvgIpc) is 4.07. The van der Waals surface area contributed by atoms with E-state index < -0.39 is 0 Å². The predicted molar refractivity (Wildman–Crippen MR) is 350 cm³/mol. The third kappa shape index (κ3) is 27.9. The first-order valence-corrected chi connectivity index (χ1v) is 30.4. The summed E-state index contributed by atoms with van der Waals surface area (Å²) in [4.78, 5) is 0. The van der Waals surface area contributed by atoms with Gasteiger partial charge in [-0.1, -0.05) is 190 Å². The lowest BCUT2D eigenvalue weighted by atomic mass is 9.76. The van der Waals surface area contributed by atoms with E-state index in [0.717, 1.165) is 66.6 Å². The zero-order chi connectivity index (χ0) is 58.7. The molecule has 0 radical (unpaired) electrons. The van der Waals surface area contributed by atoms with Crippen LogP contribution in [0.15, 0.2) is 159 Å². The van der Waals surface area contributed by atoms with E-state index in [2.05, 4.69) is 189 Å². The fourth-order valence-corrected chi connectivity index (χ4v) is 9.46. The number of hydrogen-bond donors (Lipinski definition) is 2. The van der Waals surface area contributed by atoms with Crippen LogP contribution in [0.2, 0.25) is 0 Å². The number of phenolic OH excluding ortho intramolecular Hbond substituents is 2. The third-order valence-electron chi connectivity index (χ3n) is 13.5. The zero-order valence-corrected chi connectivity index (χ0v) is 54.1. The molecule has 1 aliphatic rings. The Balaban J connectivity index is 0.000000364. The Morgan fingerprint density at radius 2 is 0.835 bits per heavy atom. The lowest BCUT2D eigenvalue weighted by Gasteiger charge is -2.28. The molecule has 0 spiro atoms. The molecule has 0 aromatic heterocycles. The molecular weight excluding hydrogens is 1180 g/mol. The molecule has 2 N–H and O–H groups in total. The molecule has 6 aromatic rings. The molecule has 79 heavy (non-hydrogen) atoms. The van der Waals surface area contributed by atoms with E-state index in [1.807, 2.05) is 66.7 Å². The Bertz CT molecular complexity index is 2530. The summed E-state index contributed by atoms with van der Waals surface area (Å²) in [6.45, 7) is 27.6. The quantitative estimate of drug-likeness (QED) is 0.0582. The van der Waals surface area contributed by atoms with Gasteiger partial charge in [0.2, 0.25) is 0 Å². The molecule has 4 unspecified atom stereocenters. The second-order valence-electron chi connectivity index (χ2n) is 21.0. The van der Waals surface area contributed by atoms with Crippen LogP contribution in [0.25, 0.3) is 12.2 Å². The zero-order valence-electron chi connectivity index (χ0n) is 49.3. The smallest absolute Gasteiger partial charge is 0.369 e. The molecular formula is C68H92BBr3O7. The summed E-state index contributed by atoms with van der Waals surface area (Å²) >= 11 is 9.31. The summed E-state index contributed by atoms with van der Waals surface area (Å²) in [5.74, 6) is 7.28. The van der Waals surface area contributed by atoms with Crippen molar-refractivity contribution in [1.82, 2.24) is 0 Å². The third-order valence-corrected chi connectivity index (χ3v) is 13.5. The number of phenols is 2. The molecule has 0 amide bonds. The SMILES string of the molecule is BrB(Br)Br.C1CCOC1.C=Cc1ccc(OC)c(OC)c1.C=Cc1ccccc1.CC(C)CC(CC(c1ccccc1)C(C)C)c1ccc(O)c(O)c1.COc1ccc(C(CC(C)C)CC(c2ccccc2)C(C)C)cc1OC. The summed E-state index contributed by atoms with van der Waals surface area (Å²) in [6, 6.07) is 49.0. The van der Waals surface area contributed by atoms with E-state index in [0.29, 0.717) is 47.3 Å². The monoisotopic (exact) mass is 1270 g/mol. The van der Waals surface area contributed by atoms with Gasteiger partial charge in [-0.25, -0.2) is 0 Å². The van der Waals surface area contributed by atoms with Crippen molar-refractivity contribution in [3.63, 3.8) is 0 Å². The predicted octanol–water partition coefficient (Wildman–Crippen LogP) is 20.4. The van der Waals surface area contributed by atoms with E-state index in [4.69, 9.17) is 23.7 Å². The normalized spacial score (nSPS) is 12.9. The van der Waals surface area contributed by atoms with Gasteiger partial charge in [-0.2, -0.15) is 0 Å². The van der Waals surface area contributed by atoms with Gasteiger partial charge in [0, 0.05) is 13.2 Å². The Morgan fingerprint density at radius 1 is 0.456 bits per heavy atom. The van der Waals surface area contributed by atoms with Crippen LogP contribution >= 0.6 is 47.3 Å². The van der Waals surface area contributed by atoms with Gasteiger partial charge in [0.15, 0.2) is 34.5 Å². The van der Waals surface area contributed by atoms with Gasteiger partial charge < -0.3 is 33.9 Å². The van der Waals surface area contributed by atoms with E-state index in [1.165, 1.54) is 41.5 Å². The van der Waals surface area contributed by atoms with Crippen molar-refractivity contribution < 1.29 is 33.9 Å². The Morgan fingerprint density at radius 3 is 1.18 bits per heavy atom. The molecule has 1 fully saturated rings. The maximum Gasteiger partial charge on any atom is 0.369 e. The largest absolute Gasteiger partial charge is 0.504 e. The number of benzene rings is 6. The topological polar surface area (TPSA) is 86.6 Å². The van der Waals surface area contributed by atoms with Crippen LogP contribution in [0.5, 0.6) is 34.5 Å². The standard InChI is InChI=1S/C24H34O2.C22H30O2.C10H12O2.C8H8.C4H8O.BBr3/c1-17(2)14-21(20-12-13-23(25-5)24(16-20)26-6)15-22(18(3)4)19-10-8-7-9-11-19;1-15(2)12-19(18-10-11-21(23)22(24)14-18)13-20(16(3)4)17-8-6-5-7-9-17;1-4-8-5-6-9(11-2)10(7-8)12-3;1-2-8-6-4-3-5-7-8;1-2-4-5-3-1;2-1(3)4/h7-13,16-18,21-22H,14-15H2,1-6H3;5-11,14-16,19-20,23-24H,12-13H2,1-4H3;4-7H,1H2,2-3H3;2-7H,1H2;1-4H2;. The van der Waals surface area contributed by atoms with Crippen LogP contribution < -0.4 is 18.9 Å². The number of halogens is 3. The highest BCUT2D eigenvalue weighted by atomic mass is 79.9. The van der Waals surface area contributed by atoms with Crippen molar-refractivity contribution in [1.29, 1.82) is 0 Å². The first kappa shape index (κ1) is 70.2. The summed E-state index contributed by atoms with van der Waals surface area (Å²) in [7, 11) is 6.63. The first-order valence-electron chi connectivity index (χ1n) is 27.7. The Kier molecular flexibility index (Phi) is 35.8. The number of rotatable bonds is 20. The average molecular weight is 1270 g/mol. The molecule has 11 heteroatoms. The summed E-state index contributed by atoms with van der Waals surface area (Å²) < 4.78 is 26.4. The number of aromatic hydroxyl groups is 2. The number of methoxy groups -OCH3 is 4. The van der Waals surface area contributed by atoms with Crippen LogP contribution in [0.1, 0.15) is 151 Å². The number of ether oxygens (including phenoxy) is 5. The fourth-order valence-electron chi connectivity index (χ4n) is 9.46. The molecule has 7 nitrogen and oxygen atoms in total. The van der Waals surface area contributed by atoms with Crippen molar-refractivity contribution in [3.8, 4) is 34.5 Å². The van der Waals surface area contributed by atoms with Gasteiger partial charge in [0.1, 0.15) is 0 Å². The number of hydrogen-bond acceptors (Lipinski definition) is 7. The maximum atomic E-state index is 9.89. The highest BCUT2D eigenvalue weighted by Crippen LogP contribution is 2.42. The second-order valence-corrected chi connectivity index (χ2v) is 27.4. The van der Waals surface area contributed by atoms with Crippen LogP contribution in [-0.4, -0.2) is 55.1 Å². The Hall–Kier alpha value is -4.94. The van der Waals surface area contributed by atoms with Crippen molar-refractivity contribution in [2.24, 2.45) is 23.7 Å². The molecule has 7 rings (SSSR count). The van der Waals surface area contributed by atoms with Gasteiger partial charge in [0.25, 0.3) is 0 Å². The van der Waals surface area contributed by atoms with Crippen LogP contribution in [0, 0.1) is 23.7 Å². The molecule has 0 saturated carbocycles. The van der Waals surface area contributed by atoms with Crippen LogP contribution in [0.4, 0.5) is 0 Å². The minimum absolute atomic E-state index is 0.0259. The minimum atomic E-state index is -0.0504. The van der Waals surface area contributed by atoms with Crippen LogP contribution in [0.3, 0.4) is 0 Å². The molecule has 0 aliphatic carbocycles. The highest BCUT2D eigenvalue weighted by molar-refractivity contribution is 9.69. The maximum absolute atomic E-state index is 9.89.